The van der Waals surface area contributed by atoms with Gasteiger partial charge >= 0.3 is 12.2 Å². The van der Waals surface area contributed by atoms with E-state index in [1.54, 1.807) is 0 Å². The van der Waals surface area contributed by atoms with Crippen molar-refractivity contribution in [1.82, 2.24) is 4.98 Å². The molecule has 0 N–H and O–H groups in total. The second kappa shape index (κ2) is 11.4. The molecule has 202 valence electrons. The van der Waals surface area contributed by atoms with Gasteiger partial charge in [0.05, 0.1) is 12.1 Å². The maximum atomic E-state index is 14.8. The third-order valence-electron chi connectivity index (χ3n) is 7.33. The summed E-state index contributed by atoms with van der Waals surface area (Å²) in [6, 6.07) is 3.41. The zero-order valence-corrected chi connectivity index (χ0v) is 20.6. The summed E-state index contributed by atoms with van der Waals surface area (Å²) in [5.74, 6) is -2.62. The standard InChI is InChI=1S/C28H31F6NO2/c1-18-2-4-19(5-3-18)6-7-20-8-10-21(11-9-20)27(31,32)36-24-12-13-26(35-17-24)28(33,34)37-25-15-22(29)14-23(30)16-25/h6-7,12-21H,2-5,8-11H2,1H3/b7-6+. The van der Waals surface area contributed by atoms with Crippen LogP contribution in [-0.2, 0) is 6.11 Å². The van der Waals surface area contributed by atoms with Crippen LogP contribution in [0.3, 0.4) is 0 Å². The molecule has 37 heavy (non-hydrogen) atoms. The highest BCUT2D eigenvalue weighted by Gasteiger charge is 2.44. The van der Waals surface area contributed by atoms with Crippen LogP contribution in [0.2, 0.25) is 0 Å². The SMILES string of the molecule is CC1CCC(/C=C/C2CCC(C(F)(F)Oc3ccc(C(F)(F)Oc4cc(F)cc(F)c4)nc3)CC2)CC1. The van der Waals surface area contributed by atoms with Crippen LogP contribution in [-0.4, -0.2) is 11.1 Å². The first-order valence-corrected chi connectivity index (χ1v) is 12.7. The lowest BCUT2D eigenvalue weighted by Crippen LogP contribution is -2.37. The Hall–Kier alpha value is -2.71. The number of halogens is 6. The lowest BCUT2D eigenvalue weighted by Gasteiger charge is -2.32. The summed E-state index contributed by atoms with van der Waals surface area (Å²) in [5, 5.41) is 0. The zero-order valence-electron chi connectivity index (χ0n) is 20.6. The van der Waals surface area contributed by atoms with Gasteiger partial charge in [-0.15, -0.1) is 0 Å². The molecule has 1 heterocycles. The minimum absolute atomic E-state index is 0.279. The Morgan fingerprint density at radius 3 is 1.86 bits per heavy atom. The van der Waals surface area contributed by atoms with Gasteiger partial charge in [0.2, 0.25) is 0 Å². The van der Waals surface area contributed by atoms with E-state index in [1.165, 1.54) is 25.7 Å². The number of pyridine rings is 1. The predicted octanol–water partition coefficient (Wildman–Crippen LogP) is 8.65. The van der Waals surface area contributed by atoms with Gasteiger partial charge < -0.3 is 9.47 Å². The summed E-state index contributed by atoms with van der Waals surface area (Å²) in [5.41, 5.74) is -0.924. The normalized spacial score (nSPS) is 25.3. The van der Waals surface area contributed by atoms with Crippen LogP contribution in [0.1, 0.15) is 64.0 Å². The van der Waals surface area contributed by atoms with Crippen molar-refractivity contribution in [2.24, 2.45) is 23.7 Å². The number of ether oxygens (including phenoxy) is 2. The molecule has 1 aromatic heterocycles. The Morgan fingerprint density at radius 2 is 1.32 bits per heavy atom. The number of rotatable bonds is 8. The van der Waals surface area contributed by atoms with E-state index in [2.05, 4.69) is 28.8 Å². The molecule has 4 rings (SSSR count). The quantitative estimate of drug-likeness (QED) is 0.254. The van der Waals surface area contributed by atoms with Gasteiger partial charge in [-0.05, 0) is 68.4 Å². The van der Waals surface area contributed by atoms with Crippen LogP contribution < -0.4 is 9.47 Å². The van der Waals surface area contributed by atoms with Crippen molar-refractivity contribution in [3.8, 4) is 11.5 Å². The van der Waals surface area contributed by atoms with Crippen molar-refractivity contribution in [3.63, 3.8) is 0 Å². The van der Waals surface area contributed by atoms with E-state index in [0.717, 1.165) is 24.2 Å². The summed E-state index contributed by atoms with van der Waals surface area (Å²) in [7, 11) is 0. The molecule has 2 fully saturated rings. The molecule has 0 spiro atoms. The molecule has 0 unspecified atom stereocenters. The number of alkyl halides is 4. The van der Waals surface area contributed by atoms with Crippen LogP contribution in [0.4, 0.5) is 26.3 Å². The topological polar surface area (TPSA) is 31.4 Å². The van der Waals surface area contributed by atoms with E-state index in [-0.39, 0.29) is 11.7 Å². The van der Waals surface area contributed by atoms with Crippen molar-refractivity contribution >= 4 is 0 Å². The van der Waals surface area contributed by atoms with E-state index in [0.29, 0.717) is 49.8 Å². The van der Waals surface area contributed by atoms with Gasteiger partial charge in [0.25, 0.3) is 0 Å². The Labute approximate surface area is 212 Å². The van der Waals surface area contributed by atoms with Crippen molar-refractivity contribution < 1.29 is 35.8 Å². The smallest absolute Gasteiger partial charge is 0.431 e. The lowest BCUT2D eigenvalue weighted by molar-refractivity contribution is -0.223. The molecule has 2 aliphatic rings. The van der Waals surface area contributed by atoms with Gasteiger partial charge in [0.1, 0.15) is 23.1 Å². The highest BCUT2D eigenvalue weighted by molar-refractivity contribution is 5.26. The molecule has 2 saturated carbocycles. The second-order valence-electron chi connectivity index (χ2n) is 10.3. The third-order valence-corrected chi connectivity index (χ3v) is 7.33. The maximum Gasteiger partial charge on any atom is 0.444 e. The monoisotopic (exact) mass is 527 g/mol. The Bertz CT molecular complexity index is 1040. The first kappa shape index (κ1) is 27.3. The Balaban J connectivity index is 1.30. The largest absolute Gasteiger partial charge is 0.444 e. The molecule has 2 aromatic rings. The number of hydrogen-bond acceptors (Lipinski definition) is 3. The average molecular weight is 528 g/mol. The highest BCUT2D eigenvalue weighted by Crippen LogP contribution is 2.41. The molecule has 0 saturated heterocycles. The van der Waals surface area contributed by atoms with Crippen molar-refractivity contribution in [3.05, 3.63) is 66.0 Å². The number of allylic oxidation sites excluding steroid dienone is 2. The van der Waals surface area contributed by atoms with E-state index >= 15 is 0 Å². The molecule has 0 bridgehead atoms. The molecule has 1 aromatic carbocycles. The maximum absolute atomic E-state index is 14.8. The van der Waals surface area contributed by atoms with Crippen LogP contribution in [0.25, 0.3) is 0 Å². The fraction of sp³-hybridized carbons (Fsp3) is 0.536. The summed E-state index contributed by atoms with van der Waals surface area (Å²) < 4.78 is 94.1. The molecule has 3 nitrogen and oxygen atoms in total. The van der Waals surface area contributed by atoms with Crippen LogP contribution >= 0.6 is 0 Å². The summed E-state index contributed by atoms with van der Waals surface area (Å²) in [6.07, 6.45) is 4.41. The van der Waals surface area contributed by atoms with Crippen LogP contribution in [0, 0.1) is 35.3 Å². The van der Waals surface area contributed by atoms with Gasteiger partial charge in [-0.25, -0.2) is 13.8 Å². The number of hydrogen-bond donors (Lipinski definition) is 0. The van der Waals surface area contributed by atoms with E-state index in [4.69, 9.17) is 4.74 Å². The Kier molecular flexibility index (Phi) is 8.39. The van der Waals surface area contributed by atoms with Gasteiger partial charge in [0.15, 0.2) is 5.69 Å². The minimum atomic E-state index is -4.05. The van der Waals surface area contributed by atoms with Crippen molar-refractivity contribution in [1.29, 1.82) is 0 Å². The number of nitrogens with zero attached hydrogens (tertiary/aromatic N) is 1. The fourth-order valence-electron chi connectivity index (χ4n) is 5.08. The molecular weight excluding hydrogens is 496 g/mol. The summed E-state index contributed by atoms with van der Waals surface area (Å²) in [4.78, 5) is 3.48. The highest BCUT2D eigenvalue weighted by atomic mass is 19.3. The fourth-order valence-corrected chi connectivity index (χ4v) is 5.08. The minimum Gasteiger partial charge on any atom is -0.431 e. The van der Waals surface area contributed by atoms with Crippen molar-refractivity contribution in [2.75, 3.05) is 0 Å². The Morgan fingerprint density at radius 1 is 0.757 bits per heavy atom. The predicted molar refractivity (Wildman–Crippen MR) is 126 cm³/mol. The van der Waals surface area contributed by atoms with Crippen LogP contribution in [0.5, 0.6) is 11.5 Å². The second-order valence-corrected chi connectivity index (χ2v) is 10.3. The van der Waals surface area contributed by atoms with E-state index in [1.807, 2.05) is 0 Å². The molecular formula is C28H31F6NO2. The zero-order chi connectivity index (χ0) is 26.6. The summed E-state index contributed by atoms with van der Waals surface area (Å²) >= 11 is 0. The van der Waals surface area contributed by atoms with Gasteiger partial charge in [-0.3, -0.25) is 0 Å². The molecule has 0 radical (unpaired) electrons. The third kappa shape index (κ3) is 7.42. The van der Waals surface area contributed by atoms with E-state index < -0.39 is 41.2 Å². The molecule has 9 heteroatoms. The number of aromatic nitrogens is 1. The first-order valence-electron chi connectivity index (χ1n) is 12.7. The van der Waals surface area contributed by atoms with Gasteiger partial charge in [-0.2, -0.15) is 17.6 Å². The average Bonchev–Trinajstić information content (AvgIpc) is 2.83. The van der Waals surface area contributed by atoms with E-state index in [9.17, 15) is 26.3 Å². The lowest BCUT2D eigenvalue weighted by atomic mass is 9.79. The van der Waals surface area contributed by atoms with Gasteiger partial charge in [0, 0.05) is 18.2 Å². The van der Waals surface area contributed by atoms with Gasteiger partial charge in [-0.1, -0.05) is 31.9 Å². The molecule has 0 aliphatic heterocycles. The number of benzene rings is 1. The molecule has 0 atom stereocenters. The molecule has 2 aliphatic carbocycles. The van der Waals surface area contributed by atoms with Crippen LogP contribution in [0.15, 0.2) is 48.7 Å². The molecule has 0 amide bonds. The van der Waals surface area contributed by atoms with Crippen molar-refractivity contribution in [2.45, 2.75) is 70.5 Å². The first-order chi connectivity index (χ1) is 17.5. The summed E-state index contributed by atoms with van der Waals surface area (Å²) in [6.45, 7) is 2.27.